The van der Waals surface area contributed by atoms with Crippen LogP contribution in [0, 0.1) is 5.82 Å². The summed E-state index contributed by atoms with van der Waals surface area (Å²) in [6.45, 7) is 3.75. The summed E-state index contributed by atoms with van der Waals surface area (Å²) in [5.74, 6) is 0.250. The first kappa shape index (κ1) is 21.1. The fraction of sp³-hybridized carbons (Fsp3) is 0.208. The number of carbonyl (C=O) groups excluding carboxylic acids is 1. The van der Waals surface area contributed by atoms with Crippen LogP contribution in [-0.2, 0) is 9.53 Å². The van der Waals surface area contributed by atoms with Gasteiger partial charge < -0.3 is 14.2 Å². The van der Waals surface area contributed by atoms with E-state index in [-0.39, 0.29) is 30.3 Å². The van der Waals surface area contributed by atoms with E-state index in [0.717, 1.165) is 0 Å². The van der Waals surface area contributed by atoms with Crippen molar-refractivity contribution in [3.63, 3.8) is 0 Å². The average molecular weight is 466 g/mol. The molecule has 0 amide bonds. The van der Waals surface area contributed by atoms with Gasteiger partial charge in [-0.1, -0.05) is 29.5 Å². The molecule has 3 aromatic rings. The summed E-state index contributed by atoms with van der Waals surface area (Å²) in [4.78, 5) is 31.4. The molecule has 0 radical (unpaired) electrons. The minimum absolute atomic E-state index is 0.110. The first-order chi connectivity index (χ1) is 16.0. The molecule has 0 saturated heterocycles. The van der Waals surface area contributed by atoms with Gasteiger partial charge in [-0.25, -0.2) is 14.2 Å². The van der Waals surface area contributed by atoms with E-state index >= 15 is 0 Å². The summed E-state index contributed by atoms with van der Waals surface area (Å²) in [6.07, 6.45) is 1.68. The van der Waals surface area contributed by atoms with Gasteiger partial charge in [-0.3, -0.25) is 9.36 Å². The molecule has 0 spiro atoms. The van der Waals surface area contributed by atoms with E-state index in [1.165, 1.54) is 28.0 Å². The van der Waals surface area contributed by atoms with Gasteiger partial charge in [0.25, 0.3) is 5.56 Å². The summed E-state index contributed by atoms with van der Waals surface area (Å²) >= 11 is 1.21. The van der Waals surface area contributed by atoms with Gasteiger partial charge in [-0.05, 0) is 55.3 Å². The Morgan fingerprint density at radius 1 is 1.24 bits per heavy atom. The fourth-order valence-corrected chi connectivity index (χ4v) is 4.95. The smallest absolute Gasteiger partial charge is 0.338 e. The number of nitrogens with zero attached hydrogens (tertiary/aromatic N) is 2. The van der Waals surface area contributed by atoms with Crippen LogP contribution in [0.1, 0.15) is 31.0 Å². The third-order valence-corrected chi connectivity index (χ3v) is 6.38. The third kappa shape index (κ3) is 3.74. The lowest BCUT2D eigenvalue weighted by Gasteiger charge is -2.24. The predicted molar refractivity (Wildman–Crippen MR) is 119 cm³/mol. The van der Waals surface area contributed by atoms with Crippen LogP contribution in [0.3, 0.4) is 0 Å². The molecule has 7 nitrogen and oxygen atoms in total. The summed E-state index contributed by atoms with van der Waals surface area (Å²) in [5, 5.41) is 0. The maximum Gasteiger partial charge on any atom is 0.338 e. The van der Waals surface area contributed by atoms with Crippen molar-refractivity contribution in [1.29, 1.82) is 0 Å². The van der Waals surface area contributed by atoms with Crippen molar-refractivity contribution in [3.05, 3.63) is 90.4 Å². The molecule has 0 fully saturated rings. The van der Waals surface area contributed by atoms with Crippen LogP contribution in [-0.4, -0.2) is 23.9 Å². The summed E-state index contributed by atoms with van der Waals surface area (Å²) in [5.41, 5.74) is 1.82. The van der Waals surface area contributed by atoms with Crippen molar-refractivity contribution in [1.82, 2.24) is 4.57 Å². The lowest BCUT2D eigenvalue weighted by Crippen LogP contribution is -2.39. The summed E-state index contributed by atoms with van der Waals surface area (Å²) in [6, 6.07) is 10.4. The Balaban J connectivity index is 1.72. The Hall–Kier alpha value is -3.72. The summed E-state index contributed by atoms with van der Waals surface area (Å²) < 4.78 is 31.4. The quantitative estimate of drug-likeness (QED) is 0.553. The highest BCUT2D eigenvalue weighted by Gasteiger charge is 2.34. The minimum atomic E-state index is -0.745. The zero-order chi connectivity index (χ0) is 23.1. The van der Waals surface area contributed by atoms with Gasteiger partial charge in [0.05, 0.1) is 28.5 Å². The van der Waals surface area contributed by atoms with Crippen molar-refractivity contribution in [2.24, 2.45) is 4.99 Å². The number of rotatable bonds is 4. The highest BCUT2D eigenvalue weighted by Crippen LogP contribution is 2.38. The second-order valence-electron chi connectivity index (χ2n) is 7.47. The highest BCUT2D eigenvalue weighted by atomic mass is 32.1. The molecule has 0 N–H and O–H groups in total. The molecule has 2 aliphatic heterocycles. The van der Waals surface area contributed by atoms with E-state index < -0.39 is 12.0 Å². The number of esters is 1. The lowest BCUT2D eigenvalue weighted by atomic mass is 9.95. The van der Waals surface area contributed by atoms with E-state index in [4.69, 9.17) is 14.2 Å². The van der Waals surface area contributed by atoms with Crippen LogP contribution >= 0.6 is 11.3 Å². The van der Waals surface area contributed by atoms with E-state index in [9.17, 15) is 14.0 Å². The Labute approximate surface area is 191 Å². The van der Waals surface area contributed by atoms with E-state index in [2.05, 4.69) is 4.99 Å². The van der Waals surface area contributed by atoms with Crippen molar-refractivity contribution < 1.29 is 23.4 Å². The molecule has 0 aliphatic carbocycles. The topological polar surface area (TPSA) is 79.1 Å². The number of ether oxygens (including phenoxy) is 3. The largest absolute Gasteiger partial charge is 0.463 e. The summed E-state index contributed by atoms with van der Waals surface area (Å²) in [7, 11) is 0. The Bertz CT molecular complexity index is 1470. The molecule has 2 aliphatic rings. The number of thiazole rings is 1. The molecule has 1 unspecified atom stereocenters. The lowest BCUT2D eigenvalue weighted by molar-refractivity contribution is -0.139. The number of hydrogen-bond donors (Lipinski definition) is 0. The number of halogens is 1. The zero-order valence-corrected chi connectivity index (χ0v) is 18.6. The van der Waals surface area contributed by atoms with Crippen molar-refractivity contribution in [2.75, 3.05) is 13.4 Å². The van der Waals surface area contributed by atoms with Crippen LogP contribution in [0.4, 0.5) is 4.39 Å². The van der Waals surface area contributed by atoms with Gasteiger partial charge >= 0.3 is 5.97 Å². The Kier molecular flexibility index (Phi) is 5.33. The molecule has 0 bridgehead atoms. The molecule has 1 atom stereocenters. The monoisotopic (exact) mass is 466 g/mol. The molecule has 0 saturated carbocycles. The van der Waals surface area contributed by atoms with Crippen molar-refractivity contribution in [2.45, 2.75) is 19.9 Å². The van der Waals surface area contributed by atoms with Crippen LogP contribution < -0.4 is 24.4 Å². The molecule has 3 heterocycles. The van der Waals surface area contributed by atoms with Gasteiger partial charge in [0.1, 0.15) is 5.82 Å². The van der Waals surface area contributed by atoms with E-state index in [1.807, 2.05) is 0 Å². The van der Waals surface area contributed by atoms with Gasteiger partial charge in [0.2, 0.25) is 6.79 Å². The standard InChI is InChI=1S/C24H19FN2O5S/c1-3-30-23(29)20-13(2)26-24-27(21(20)15-6-9-17-18(11-15)32-12-31-17)22(28)19(33-24)10-14-4-7-16(25)8-5-14/h4-11,21H,3,12H2,1-2H3/b19-10-. The van der Waals surface area contributed by atoms with Gasteiger partial charge in [-0.15, -0.1) is 0 Å². The zero-order valence-electron chi connectivity index (χ0n) is 17.8. The van der Waals surface area contributed by atoms with Gasteiger partial charge in [-0.2, -0.15) is 0 Å². The number of aromatic nitrogens is 1. The minimum Gasteiger partial charge on any atom is -0.463 e. The predicted octanol–water partition coefficient (Wildman–Crippen LogP) is 2.67. The number of hydrogen-bond acceptors (Lipinski definition) is 7. The maximum atomic E-state index is 13.5. The van der Waals surface area contributed by atoms with E-state index in [1.54, 1.807) is 50.3 Å². The fourth-order valence-electron chi connectivity index (χ4n) is 3.90. The third-order valence-electron chi connectivity index (χ3n) is 5.40. The van der Waals surface area contributed by atoms with Crippen LogP contribution in [0.15, 0.2) is 63.5 Å². The molecule has 2 aromatic carbocycles. The van der Waals surface area contributed by atoms with Crippen LogP contribution in [0.2, 0.25) is 0 Å². The molecular weight excluding hydrogens is 447 g/mol. The second-order valence-corrected chi connectivity index (χ2v) is 8.48. The Morgan fingerprint density at radius 2 is 2.00 bits per heavy atom. The average Bonchev–Trinajstić information content (AvgIpc) is 3.38. The number of allylic oxidation sites excluding steroid dienone is 1. The molecule has 168 valence electrons. The normalized spacial score (nSPS) is 17.1. The van der Waals surface area contributed by atoms with Gasteiger partial charge in [0, 0.05) is 0 Å². The molecular formula is C24H19FN2O5S. The molecule has 5 rings (SSSR count). The highest BCUT2D eigenvalue weighted by molar-refractivity contribution is 7.07. The molecule has 9 heteroatoms. The van der Waals surface area contributed by atoms with Crippen LogP contribution in [0.25, 0.3) is 6.08 Å². The Morgan fingerprint density at radius 3 is 2.76 bits per heavy atom. The molecule has 33 heavy (non-hydrogen) atoms. The number of carbonyl (C=O) groups is 1. The van der Waals surface area contributed by atoms with Gasteiger partial charge in [0.15, 0.2) is 16.3 Å². The number of benzene rings is 2. The van der Waals surface area contributed by atoms with Crippen LogP contribution in [0.5, 0.6) is 11.5 Å². The number of fused-ring (bicyclic) bond motifs is 2. The van der Waals surface area contributed by atoms with Crippen molar-refractivity contribution >= 4 is 23.4 Å². The SMILES string of the molecule is CCOC(=O)C1=C(C)N=c2s/c(=C\c3ccc(F)cc3)c(=O)n2C1c1ccc2c(c1)OCO2. The first-order valence-electron chi connectivity index (χ1n) is 10.3. The molecule has 1 aromatic heterocycles. The van der Waals surface area contributed by atoms with E-state index in [0.29, 0.717) is 37.7 Å². The maximum absolute atomic E-state index is 13.5. The van der Waals surface area contributed by atoms with Crippen molar-refractivity contribution in [3.8, 4) is 11.5 Å². The first-order valence-corrected chi connectivity index (χ1v) is 11.1. The second kappa shape index (κ2) is 8.32.